The molecular weight excluding hydrogens is 230 g/mol. The highest BCUT2D eigenvalue weighted by atomic mass is 16.2. The summed E-state index contributed by atoms with van der Waals surface area (Å²) in [4.78, 5) is 28.7. The summed E-state index contributed by atoms with van der Waals surface area (Å²) in [6.07, 6.45) is 4.64. The first-order valence-electron chi connectivity index (χ1n) is 6.21. The third-order valence-corrected chi connectivity index (χ3v) is 3.28. The zero-order valence-electron chi connectivity index (χ0n) is 9.95. The van der Waals surface area contributed by atoms with Crippen LogP contribution >= 0.6 is 0 Å². The number of carbonyl (C=O) groups excluding carboxylic acids is 1. The first kappa shape index (κ1) is 11.1. The smallest absolute Gasteiger partial charge is 0.248 e. The highest BCUT2D eigenvalue weighted by Gasteiger charge is 2.29. The van der Waals surface area contributed by atoms with Crippen molar-refractivity contribution in [1.29, 1.82) is 0 Å². The van der Waals surface area contributed by atoms with Gasteiger partial charge in [-0.25, -0.2) is 0 Å². The third-order valence-electron chi connectivity index (χ3n) is 3.28. The van der Waals surface area contributed by atoms with E-state index in [1.54, 1.807) is 6.07 Å². The number of carbonyl (C=O) groups is 1. The van der Waals surface area contributed by atoms with Gasteiger partial charge in [0.05, 0.1) is 11.0 Å². The van der Waals surface area contributed by atoms with Crippen LogP contribution < -0.4 is 10.9 Å². The van der Waals surface area contributed by atoms with Gasteiger partial charge >= 0.3 is 0 Å². The summed E-state index contributed by atoms with van der Waals surface area (Å²) < 4.78 is 0. The summed E-state index contributed by atoms with van der Waals surface area (Å²) in [5, 5.41) is 2.92. The Morgan fingerprint density at radius 1 is 1.39 bits per heavy atom. The van der Waals surface area contributed by atoms with Gasteiger partial charge < -0.3 is 15.3 Å². The van der Waals surface area contributed by atoms with E-state index in [0.717, 1.165) is 35.9 Å². The van der Waals surface area contributed by atoms with Crippen LogP contribution in [-0.4, -0.2) is 22.4 Å². The maximum absolute atomic E-state index is 11.5. The number of H-pyrrole nitrogens is 2. The van der Waals surface area contributed by atoms with Crippen LogP contribution in [0.5, 0.6) is 0 Å². The highest BCUT2D eigenvalue weighted by molar-refractivity contribution is 5.81. The molecule has 0 aliphatic heterocycles. The molecule has 2 aromatic heterocycles. The third kappa shape index (κ3) is 2.16. The van der Waals surface area contributed by atoms with Crippen LogP contribution in [0.4, 0.5) is 0 Å². The van der Waals surface area contributed by atoms with Crippen LogP contribution in [0.25, 0.3) is 11.0 Å². The van der Waals surface area contributed by atoms with Crippen molar-refractivity contribution in [3.05, 3.63) is 34.2 Å². The maximum Gasteiger partial charge on any atom is 0.248 e. The number of fused-ring (bicyclic) bond motifs is 1. The summed E-state index contributed by atoms with van der Waals surface area (Å²) in [6.45, 7) is 0.610. The molecule has 5 nitrogen and oxygen atoms in total. The lowest BCUT2D eigenvalue weighted by molar-refractivity contribution is -0.122. The molecule has 1 fully saturated rings. The van der Waals surface area contributed by atoms with E-state index in [4.69, 9.17) is 0 Å². The number of amides is 1. The average molecular weight is 245 g/mol. The summed E-state index contributed by atoms with van der Waals surface area (Å²) in [5.41, 5.74) is 2.67. The fourth-order valence-corrected chi connectivity index (χ4v) is 2.09. The minimum absolute atomic E-state index is 0.106. The zero-order valence-corrected chi connectivity index (χ0v) is 9.95. The van der Waals surface area contributed by atoms with Crippen molar-refractivity contribution >= 4 is 16.9 Å². The van der Waals surface area contributed by atoms with E-state index < -0.39 is 0 Å². The van der Waals surface area contributed by atoms with Crippen molar-refractivity contribution < 1.29 is 4.79 Å². The number of aromatic amines is 2. The molecule has 0 aromatic carbocycles. The summed E-state index contributed by atoms with van der Waals surface area (Å²) >= 11 is 0. The molecule has 0 spiro atoms. The molecular formula is C13H15N3O2. The standard InChI is InChI=1S/C13H15N3O2/c17-11-4-3-10-12(16-11)9(7-15-10)5-6-14-13(18)8-1-2-8/h3-4,7-8,15H,1-2,5-6H2,(H,14,18)(H,16,17). The van der Waals surface area contributed by atoms with Crippen LogP contribution in [0.15, 0.2) is 23.1 Å². The molecule has 0 atom stereocenters. The molecule has 1 amide bonds. The summed E-state index contributed by atoms with van der Waals surface area (Å²) in [6, 6.07) is 3.26. The van der Waals surface area contributed by atoms with Crippen molar-refractivity contribution in [2.45, 2.75) is 19.3 Å². The second kappa shape index (κ2) is 4.33. The molecule has 0 unspecified atom stereocenters. The monoisotopic (exact) mass is 245 g/mol. The van der Waals surface area contributed by atoms with Gasteiger partial charge in [0.1, 0.15) is 0 Å². The Morgan fingerprint density at radius 3 is 3.00 bits per heavy atom. The van der Waals surface area contributed by atoms with Gasteiger partial charge in [-0.15, -0.1) is 0 Å². The van der Waals surface area contributed by atoms with Crippen LogP contribution in [0, 0.1) is 5.92 Å². The van der Waals surface area contributed by atoms with Gasteiger partial charge in [-0.3, -0.25) is 9.59 Å². The maximum atomic E-state index is 11.5. The molecule has 3 N–H and O–H groups in total. The fraction of sp³-hybridized carbons (Fsp3) is 0.385. The van der Waals surface area contributed by atoms with Gasteiger partial charge in [-0.1, -0.05) is 0 Å². The molecule has 2 aromatic rings. The number of aromatic nitrogens is 2. The van der Waals surface area contributed by atoms with Gasteiger partial charge in [0, 0.05) is 24.7 Å². The van der Waals surface area contributed by atoms with Crippen LogP contribution in [0.3, 0.4) is 0 Å². The molecule has 1 aliphatic rings. The lowest BCUT2D eigenvalue weighted by Crippen LogP contribution is -2.26. The molecule has 1 saturated carbocycles. The van der Waals surface area contributed by atoms with Gasteiger partial charge in [0.2, 0.25) is 11.5 Å². The second-order valence-electron chi connectivity index (χ2n) is 4.74. The minimum Gasteiger partial charge on any atom is -0.360 e. The van der Waals surface area contributed by atoms with Gasteiger partial charge in [-0.2, -0.15) is 0 Å². The molecule has 94 valence electrons. The Kier molecular flexibility index (Phi) is 2.66. The van der Waals surface area contributed by atoms with Crippen molar-refractivity contribution in [3.8, 4) is 0 Å². The predicted molar refractivity (Wildman–Crippen MR) is 68.4 cm³/mol. The number of rotatable bonds is 4. The second-order valence-corrected chi connectivity index (χ2v) is 4.74. The predicted octanol–water partition coefficient (Wildman–Crippen LogP) is 0.925. The molecule has 1 aliphatic carbocycles. The number of nitrogens with one attached hydrogen (secondary N) is 3. The van der Waals surface area contributed by atoms with Crippen LogP contribution in [0.2, 0.25) is 0 Å². The molecule has 0 bridgehead atoms. The summed E-state index contributed by atoms with van der Waals surface area (Å²) in [5.74, 6) is 0.399. The number of pyridine rings is 1. The number of hydrogen-bond donors (Lipinski definition) is 3. The molecule has 2 heterocycles. The van der Waals surface area contributed by atoms with E-state index in [2.05, 4.69) is 15.3 Å². The molecule has 5 heteroatoms. The van der Waals surface area contributed by atoms with Gasteiger partial charge in [0.25, 0.3) is 0 Å². The molecule has 0 radical (unpaired) electrons. The topological polar surface area (TPSA) is 77.8 Å². The first-order chi connectivity index (χ1) is 8.74. The van der Waals surface area contributed by atoms with E-state index in [0.29, 0.717) is 6.54 Å². The largest absolute Gasteiger partial charge is 0.360 e. The molecule has 3 rings (SSSR count). The first-order valence-corrected chi connectivity index (χ1v) is 6.21. The Hall–Kier alpha value is -2.04. The van der Waals surface area contributed by atoms with Crippen LogP contribution in [0.1, 0.15) is 18.4 Å². The van der Waals surface area contributed by atoms with E-state index in [-0.39, 0.29) is 17.4 Å². The Labute approximate surface area is 104 Å². The quantitative estimate of drug-likeness (QED) is 0.749. The van der Waals surface area contributed by atoms with Crippen molar-refractivity contribution in [3.63, 3.8) is 0 Å². The summed E-state index contributed by atoms with van der Waals surface area (Å²) in [7, 11) is 0. The fourth-order valence-electron chi connectivity index (χ4n) is 2.09. The Morgan fingerprint density at radius 2 is 2.22 bits per heavy atom. The average Bonchev–Trinajstić information content (AvgIpc) is 3.13. The molecule has 0 saturated heterocycles. The van der Waals surface area contributed by atoms with Crippen molar-refractivity contribution in [2.24, 2.45) is 5.92 Å². The van der Waals surface area contributed by atoms with Crippen molar-refractivity contribution in [2.75, 3.05) is 6.54 Å². The SMILES string of the molecule is O=C(NCCc1c[nH]c2ccc(=O)[nH]c12)C1CC1. The number of hydrogen-bond acceptors (Lipinski definition) is 2. The van der Waals surface area contributed by atoms with Gasteiger partial charge in [-0.05, 0) is 30.9 Å². The molecule has 18 heavy (non-hydrogen) atoms. The Balaban J connectivity index is 1.68. The normalized spacial score (nSPS) is 14.9. The van der Waals surface area contributed by atoms with E-state index >= 15 is 0 Å². The van der Waals surface area contributed by atoms with Crippen molar-refractivity contribution in [1.82, 2.24) is 15.3 Å². The van der Waals surface area contributed by atoms with E-state index in [1.165, 1.54) is 6.07 Å². The lowest BCUT2D eigenvalue weighted by atomic mass is 10.2. The highest BCUT2D eigenvalue weighted by Crippen LogP contribution is 2.28. The van der Waals surface area contributed by atoms with E-state index in [1.807, 2.05) is 6.20 Å². The Bertz CT molecular complexity index is 637. The lowest BCUT2D eigenvalue weighted by Gasteiger charge is -2.03. The minimum atomic E-state index is -0.106. The zero-order chi connectivity index (χ0) is 12.5. The van der Waals surface area contributed by atoms with E-state index in [9.17, 15) is 9.59 Å². The van der Waals surface area contributed by atoms with Crippen LogP contribution in [-0.2, 0) is 11.2 Å². The van der Waals surface area contributed by atoms with Gasteiger partial charge in [0.15, 0.2) is 0 Å².